The van der Waals surface area contributed by atoms with Crippen molar-refractivity contribution in [3.63, 3.8) is 0 Å². The summed E-state index contributed by atoms with van der Waals surface area (Å²) in [7, 11) is 1.57. The Morgan fingerprint density at radius 3 is 2.60 bits per heavy atom. The van der Waals surface area contributed by atoms with Crippen molar-refractivity contribution in [2.75, 3.05) is 7.11 Å². The molecule has 0 saturated heterocycles. The molecule has 0 spiro atoms. The van der Waals surface area contributed by atoms with Crippen LogP contribution in [0, 0.1) is 18.6 Å². The summed E-state index contributed by atoms with van der Waals surface area (Å²) in [6.45, 7) is 1.86. The molecule has 20 heavy (non-hydrogen) atoms. The maximum absolute atomic E-state index is 13.6. The summed E-state index contributed by atoms with van der Waals surface area (Å²) >= 11 is 0. The van der Waals surface area contributed by atoms with Gasteiger partial charge in [0, 0.05) is 6.42 Å². The van der Waals surface area contributed by atoms with E-state index in [2.05, 4.69) is 0 Å². The van der Waals surface area contributed by atoms with Crippen molar-refractivity contribution in [2.45, 2.75) is 19.4 Å². The Morgan fingerprint density at radius 1 is 1.20 bits per heavy atom. The number of aliphatic hydroxyl groups is 1. The Hall–Kier alpha value is -1.94. The Labute approximate surface area is 116 Å². The van der Waals surface area contributed by atoms with Crippen molar-refractivity contribution >= 4 is 0 Å². The monoisotopic (exact) mass is 278 g/mol. The van der Waals surface area contributed by atoms with Gasteiger partial charge in [-0.1, -0.05) is 18.2 Å². The smallest absolute Gasteiger partial charge is 0.162 e. The highest BCUT2D eigenvalue weighted by atomic mass is 19.2. The van der Waals surface area contributed by atoms with Gasteiger partial charge in [-0.3, -0.25) is 0 Å². The third kappa shape index (κ3) is 2.96. The van der Waals surface area contributed by atoms with Crippen LogP contribution in [0.2, 0.25) is 0 Å². The van der Waals surface area contributed by atoms with E-state index in [1.807, 2.05) is 6.92 Å². The van der Waals surface area contributed by atoms with Crippen LogP contribution in [0.15, 0.2) is 36.4 Å². The fourth-order valence-electron chi connectivity index (χ4n) is 2.14. The van der Waals surface area contributed by atoms with Crippen molar-refractivity contribution in [1.82, 2.24) is 0 Å². The Balaban J connectivity index is 2.21. The maximum atomic E-state index is 13.6. The molecule has 0 amide bonds. The molecule has 1 N–H and O–H groups in total. The largest absolute Gasteiger partial charge is 0.496 e. The quantitative estimate of drug-likeness (QED) is 0.926. The predicted molar refractivity (Wildman–Crippen MR) is 72.8 cm³/mol. The molecule has 0 fully saturated rings. The molecule has 2 aromatic rings. The van der Waals surface area contributed by atoms with Gasteiger partial charge < -0.3 is 9.84 Å². The molecular weight excluding hydrogens is 262 g/mol. The number of aryl methyl sites for hydroxylation is 1. The molecule has 0 heterocycles. The van der Waals surface area contributed by atoms with Gasteiger partial charge in [0.25, 0.3) is 0 Å². The molecule has 1 unspecified atom stereocenters. The Kier molecular flexibility index (Phi) is 4.35. The number of ether oxygens (including phenoxy) is 1. The van der Waals surface area contributed by atoms with Crippen LogP contribution in [0.5, 0.6) is 5.75 Å². The van der Waals surface area contributed by atoms with Gasteiger partial charge in [0.2, 0.25) is 0 Å². The van der Waals surface area contributed by atoms with Crippen molar-refractivity contribution in [3.05, 3.63) is 64.7 Å². The highest BCUT2D eigenvalue weighted by molar-refractivity contribution is 5.37. The van der Waals surface area contributed by atoms with E-state index in [0.717, 1.165) is 17.4 Å². The first-order valence-corrected chi connectivity index (χ1v) is 6.28. The van der Waals surface area contributed by atoms with Crippen LogP contribution in [-0.2, 0) is 6.42 Å². The summed E-state index contributed by atoms with van der Waals surface area (Å²) in [5.74, 6) is -1.09. The summed E-state index contributed by atoms with van der Waals surface area (Å²) < 4.78 is 31.8. The molecule has 0 aromatic heterocycles. The van der Waals surface area contributed by atoms with Gasteiger partial charge >= 0.3 is 0 Å². The van der Waals surface area contributed by atoms with Crippen molar-refractivity contribution < 1.29 is 18.6 Å². The third-order valence-corrected chi connectivity index (χ3v) is 3.25. The highest BCUT2D eigenvalue weighted by Crippen LogP contribution is 2.25. The Morgan fingerprint density at radius 2 is 1.95 bits per heavy atom. The molecule has 2 rings (SSSR count). The van der Waals surface area contributed by atoms with Crippen molar-refractivity contribution in [2.24, 2.45) is 0 Å². The second kappa shape index (κ2) is 6.01. The van der Waals surface area contributed by atoms with Crippen LogP contribution >= 0.6 is 0 Å². The minimum Gasteiger partial charge on any atom is -0.496 e. The van der Waals surface area contributed by atoms with Gasteiger partial charge in [0.1, 0.15) is 5.75 Å². The molecule has 4 heteroatoms. The molecule has 0 radical (unpaired) electrons. The van der Waals surface area contributed by atoms with E-state index in [1.165, 1.54) is 12.1 Å². The number of rotatable bonds is 4. The zero-order valence-electron chi connectivity index (χ0n) is 11.4. The van der Waals surface area contributed by atoms with Gasteiger partial charge in [0.15, 0.2) is 11.6 Å². The lowest BCUT2D eigenvalue weighted by Crippen LogP contribution is -2.05. The average molecular weight is 278 g/mol. The topological polar surface area (TPSA) is 29.5 Å². The van der Waals surface area contributed by atoms with E-state index >= 15 is 0 Å². The van der Waals surface area contributed by atoms with Gasteiger partial charge in [0.05, 0.1) is 13.2 Å². The summed E-state index contributed by atoms with van der Waals surface area (Å²) in [5.41, 5.74) is 1.68. The van der Waals surface area contributed by atoms with Gasteiger partial charge in [-0.2, -0.15) is 0 Å². The highest BCUT2D eigenvalue weighted by Gasteiger charge is 2.15. The lowest BCUT2D eigenvalue weighted by molar-refractivity contribution is 0.176. The van der Waals surface area contributed by atoms with Crippen LogP contribution in [0.1, 0.15) is 22.8 Å². The van der Waals surface area contributed by atoms with Crippen LogP contribution in [0.25, 0.3) is 0 Å². The molecule has 0 aliphatic heterocycles. The Bertz CT molecular complexity index is 611. The van der Waals surface area contributed by atoms with Gasteiger partial charge in [-0.15, -0.1) is 0 Å². The minimum atomic E-state index is -0.906. The fraction of sp³-hybridized carbons (Fsp3) is 0.250. The lowest BCUT2D eigenvalue weighted by atomic mass is 9.99. The number of halogens is 2. The van der Waals surface area contributed by atoms with Crippen molar-refractivity contribution in [1.29, 1.82) is 0 Å². The van der Waals surface area contributed by atoms with E-state index in [4.69, 9.17) is 4.74 Å². The molecule has 0 saturated carbocycles. The standard InChI is InChI=1S/C16H16F2O2/c1-10-8-11(6-7-15(10)20-2)14(19)9-12-4-3-5-13(17)16(12)18/h3-8,14,19H,9H2,1-2H3. The minimum absolute atomic E-state index is 0.0232. The molecule has 0 aliphatic rings. The third-order valence-electron chi connectivity index (χ3n) is 3.25. The number of methoxy groups -OCH3 is 1. The average Bonchev–Trinajstić information content (AvgIpc) is 2.43. The molecular formula is C16H16F2O2. The number of aliphatic hydroxyl groups excluding tert-OH is 1. The van der Waals surface area contributed by atoms with Crippen molar-refractivity contribution in [3.8, 4) is 5.75 Å². The lowest BCUT2D eigenvalue weighted by Gasteiger charge is -2.14. The van der Waals surface area contributed by atoms with E-state index in [1.54, 1.807) is 25.3 Å². The van der Waals surface area contributed by atoms with Crippen LogP contribution in [-0.4, -0.2) is 12.2 Å². The van der Waals surface area contributed by atoms with Gasteiger partial charge in [-0.25, -0.2) is 8.78 Å². The normalized spacial score (nSPS) is 12.2. The molecule has 2 nitrogen and oxygen atoms in total. The van der Waals surface area contributed by atoms with Crippen LogP contribution in [0.3, 0.4) is 0 Å². The van der Waals surface area contributed by atoms with Crippen LogP contribution in [0.4, 0.5) is 8.78 Å². The first-order valence-electron chi connectivity index (χ1n) is 6.28. The number of hydrogen-bond donors (Lipinski definition) is 1. The second-order valence-corrected chi connectivity index (χ2v) is 4.66. The SMILES string of the molecule is COc1ccc(C(O)Cc2cccc(F)c2F)cc1C. The van der Waals surface area contributed by atoms with E-state index in [9.17, 15) is 13.9 Å². The summed E-state index contributed by atoms with van der Waals surface area (Å²) in [6, 6.07) is 9.20. The number of hydrogen-bond acceptors (Lipinski definition) is 2. The summed E-state index contributed by atoms with van der Waals surface area (Å²) in [6.07, 6.45) is -0.870. The van der Waals surface area contributed by atoms with E-state index < -0.39 is 17.7 Å². The summed E-state index contributed by atoms with van der Waals surface area (Å²) in [4.78, 5) is 0. The number of benzene rings is 2. The van der Waals surface area contributed by atoms with E-state index in [0.29, 0.717) is 5.56 Å². The maximum Gasteiger partial charge on any atom is 0.162 e. The predicted octanol–water partition coefficient (Wildman–Crippen LogP) is 3.56. The molecule has 106 valence electrons. The second-order valence-electron chi connectivity index (χ2n) is 4.66. The molecule has 2 aromatic carbocycles. The zero-order chi connectivity index (χ0) is 14.7. The first-order chi connectivity index (χ1) is 9.52. The first kappa shape index (κ1) is 14.5. The van der Waals surface area contributed by atoms with E-state index in [-0.39, 0.29) is 12.0 Å². The molecule has 0 aliphatic carbocycles. The molecule has 1 atom stereocenters. The zero-order valence-corrected chi connectivity index (χ0v) is 11.4. The summed E-state index contributed by atoms with van der Waals surface area (Å²) in [5, 5.41) is 10.1. The van der Waals surface area contributed by atoms with Crippen LogP contribution < -0.4 is 4.74 Å². The fourth-order valence-corrected chi connectivity index (χ4v) is 2.14. The molecule has 0 bridgehead atoms. The van der Waals surface area contributed by atoms with Gasteiger partial charge in [-0.05, 0) is 41.8 Å².